The van der Waals surface area contributed by atoms with Gasteiger partial charge < -0.3 is 10.2 Å². The summed E-state index contributed by atoms with van der Waals surface area (Å²) in [6, 6.07) is 1.08. The van der Waals surface area contributed by atoms with Crippen molar-refractivity contribution in [1.29, 1.82) is 0 Å². The van der Waals surface area contributed by atoms with Gasteiger partial charge in [0.05, 0.1) is 0 Å². The Morgan fingerprint density at radius 1 is 1.60 bits per heavy atom. The van der Waals surface area contributed by atoms with Crippen LogP contribution in [0.3, 0.4) is 0 Å². The molecule has 0 aliphatic carbocycles. The molecule has 0 aromatic heterocycles. The highest BCUT2D eigenvalue weighted by atomic mass is 15.2. The Balaban J connectivity index is 2.42. The highest BCUT2D eigenvalue weighted by molar-refractivity contribution is 4.93. The van der Waals surface area contributed by atoms with E-state index in [2.05, 4.69) is 30.8 Å². The Labute approximate surface area is 62.9 Å². The number of nitrogens with one attached hydrogen (secondary N) is 1. The highest BCUT2D eigenvalue weighted by Crippen LogP contribution is 2.01. The fraction of sp³-hybridized carbons (Fsp3) is 0.750. The van der Waals surface area contributed by atoms with E-state index in [1.165, 1.54) is 0 Å². The maximum atomic E-state index is 3.76. The molecule has 58 valence electrons. The lowest BCUT2D eigenvalue weighted by Gasteiger charge is -2.33. The van der Waals surface area contributed by atoms with Gasteiger partial charge in [0.25, 0.3) is 0 Å². The monoisotopic (exact) mass is 140 g/mol. The summed E-state index contributed by atoms with van der Waals surface area (Å²) in [5.41, 5.74) is 0. The van der Waals surface area contributed by atoms with Crippen LogP contribution in [0.5, 0.6) is 0 Å². The number of piperazine rings is 1. The molecule has 0 saturated carbocycles. The summed E-state index contributed by atoms with van der Waals surface area (Å²) < 4.78 is 0. The van der Waals surface area contributed by atoms with E-state index in [-0.39, 0.29) is 0 Å². The number of hydrogen-bond acceptors (Lipinski definition) is 2. The van der Waals surface area contributed by atoms with E-state index < -0.39 is 0 Å². The quantitative estimate of drug-likeness (QED) is 0.532. The Bertz CT molecular complexity index is 112. The average Bonchev–Trinajstić information content (AvgIpc) is 1.85. The molecule has 0 aromatic rings. The van der Waals surface area contributed by atoms with Crippen LogP contribution in [0.25, 0.3) is 0 Å². The van der Waals surface area contributed by atoms with Gasteiger partial charge >= 0.3 is 0 Å². The van der Waals surface area contributed by atoms with Gasteiger partial charge in [-0.15, -0.1) is 6.58 Å². The van der Waals surface area contributed by atoms with Crippen molar-refractivity contribution in [3.05, 3.63) is 12.7 Å². The van der Waals surface area contributed by atoms with E-state index in [1.807, 2.05) is 6.08 Å². The number of likely N-dealkylation sites (N-methyl/N-ethyl adjacent to an activating group) is 1. The zero-order valence-corrected chi connectivity index (χ0v) is 6.80. The van der Waals surface area contributed by atoms with Crippen molar-refractivity contribution in [2.75, 3.05) is 20.1 Å². The van der Waals surface area contributed by atoms with Crippen molar-refractivity contribution in [3.8, 4) is 0 Å². The maximum absolute atomic E-state index is 3.76. The highest BCUT2D eigenvalue weighted by Gasteiger charge is 2.18. The smallest absolute Gasteiger partial charge is 0.0378 e. The molecule has 0 unspecified atom stereocenters. The Hall–Kier alpha value is -0.340. The van der Waals surface area contributed by atoms with Crippen LogP contribution in [-0.4, -0.2) is 37.1 Å². The maximum Gasteiger partial charge on any atom is 0.0378 e. The molecular weight excluding hydrogens is 124 g/mol. The fourth-order valence-electron chi connectivity index (χ4n) is 1.49. The van der Waals surface area contributed by atoms with Crippen LogP contribution in [0.15, 0.2) is 12.7 Å². The first-order valence-corrected chi connectivity index (χ1v) is 3.79. The third-order valence-corrected chi connectivity index (χ3v) is 1.88. The van der Waals surface area contributed by atoms with Crippen LogP contribution in [0.1, 0.15) is 6.92 Å². The summed E-state index contributed by atoms with van der Waals surface area (Å²) in [4.78, 5) is 2.33. The molecule has 1 aliphatic heterocycles. The molecule has 0 aromatic carbocycles. The molecule has 2 nitrogen and oxygen atoms in total. The van der Waals surface area contributed by atoms with Gasteiger partial charge in [-0.3, -0.25) is 0 Å². The summed E-state index contributed by atoms with van der Waals surface area (Å²) in [6.45, 7) is 8.20. The molecule has 1 heterocycles. The van der Waals surface area contributed by atoms with Crippen LogP contribution in [0.2, 0.25) is 0 Å². The summed E-state index contributed by atoms with van der Waals surface area (Å²) in [5, 5.41) is 3.44. The second kappa shape index (κ2) is 3.17. The topological polar surface area (TPSA) is 15.3 Å². The molecule has 1 aliphatic rings. The Morgan fingerprint density at radius 2 is 2.30 bits per heavy atom. The van der Waals surface area contributed by atoms with Gasteiger partial charge in [0, 0.05) is 25.2 Å². The van der Waals surface area contributed by atoms with Crippen LogP contribution < -0.4 is 5.32 Å². The molecule has 0 spiro atoms. The second-order valence-electron chi connectivity index (χ2n) is 3.13. The summed E-state index contributed by atoms with van der Waals surface area (Å²) in [7, 11) is 2.15. The lowest BCUT2D eigenvalue weighted by molar-refractivity contribution is 0.220. The molecule has 2 heteroatoms. The molecule has 0 bridgehead atoms. The minimum atomic E-state index is 0.480. The lowest BCUT2D eigenvalue weighted by Crippen LogP contribution is -2.53. The first kappa shape index (κ1) is 7.76. The first-order chi connectivity index (χ1) is 4.72. The zero-order valence-electron chi connectivity index (χ0n) is 6.80. The SMILES string of the molecule is C=C[C@@H]1CN(C)C[C@H](C)N1. The van der Waals surface area contributed by atoms with Gasteiger partial charge in [-0.25, -0.2) is 0 Å². The van der Waals surface area contributed by atoms with Crippen molar-refractivity contribution in [1.82, 2.24) is 10.2 Å². The predicted octanol–water partition coefficient (Wildman–Crippen LogP) is 0.464. The largest absolute Gasteiger partial charge is 0.306 e. The molecule has 0 radical (unpaired) electrons. The van der Waals surface area contributed by atoms with Gasteiger partial charge in [0.15, 0.2) is 0 Å². The molecule has 0 amide bonds. The van der Waals surface area contributed by atoms with Crippen molar-refractivity contribution >= 4 is 0 Å². The average molecular weight is 140 g/mol. The third-order valence-electron chi connectivity index (χ3n) is 1.88. The molecule has 1 fully saturated rings. The fourth-order valence-corrected chi connectivity index (χ4v) is 1.49. The molecular formula is C8H16N2. The van der Waals surface area contributed by atoms with Crippen LogP contribution in [0.4, 0.5) is 0 Å². The van der Waals surface area contributed by atoms with E-state index in [4.69, 9.17) is 0 Å². The molecule has 1 saturated heterocycles. The minimum Gasteiger partial charge on any atom is -0.306 e. The standard InChI is InChI=1S/C8H16N2/c1-4-8-6-10(3)5-7(2)9-8/h4,7-9H,1,5-6H2,2-3H3/t7-,8+/m0/s1. The van der Waals surface area contributed by atoms with Crippen molar-refractivity contribution in [2.45, 2.75) is 19.0 Å². The van der Waals surface area contributed by atoms with Crippen molar-refractivity contribution < 1.29 is 0 Å². The Morgan fingerprint density at radius 3 is 2.80 bits per heavy atom. The van der Waals surface area contributed by atoms with Crippen LogP contribution >= 0.6 is 0 Å². The molecule has 10 heavy (non-hydrogen) atoms. The summed E-state index contributed by atoms with van der Waals surface area (Å²) in [5.74, 6) is 0. The first-order valence-electron chi connectivity index (χ1n) is 3.79. The van der Waals surface area contributed by atoms with E-state index in [9.17, 15) is 0 Å². The van der Waals surface area contributed by atoms with Gasteiger partial charge in [-0.1, -0.05) is 6.08 Å². The van der Waals surface area contributed by atoms with Gasteiger partial charge in [-0.2, -0.15) is 0 Å². The second-order valence-corrected chi connectivity index (χ2v) is 3.13. The van der Waals surface area contributed by atoms with Gasteiger partial charge in [0.2, 0.25) is 0 Å². The zero-order chi connectivity index (χ0) is 7.56. The van der Waals surface area contributed by atoms with Crippen molar-refractivity contribution in [2.24, 2.45) is 0 Å². The number of nitrogens with zero attached hydrogens (tertiary/aromatic N) is 1. The van der Waals surface area contributed by atoms with E-state index in [0.717, 1.165) is 13.1 Å². The number of rotatable bonds is 1. The van der Waals surface area contributed by atoms with Crippen molar-refractivity contribution in [3.63, 3.8) is 0 Å². The van der Waals surface area contributed by atoms with Gasteiger partial charge in [-0.05, 0) is 14.0 Å². The normalized spacial score (nSPS) is 35.8. The predicted molar refractivity (Wildman–Crippen MR) is 44.1 cm³/mol. The van der Waals surface area contributed by atoms with E-state index in [1.54, 1.807) is 0 Å². The minimum absolute atomic E-state index is 0.480. The van der Waals surface area contributed by atoms with Gasteiger partial charge in [0.1, 0.15) is 0 Å². The Kier molecular flexibility index (Phi) is 2.46. The summed E-state index contributed by atoms with van der Waals surface area (Å²) in [6.07, 6.45) is 1.98. The third kappa shape index (κ3) is 1.82. The molecule has 1 N–H and O–H groups in total. The molecule has 1 rings (SSSR count). The lowest BCUT2D eigenvalue weighted by atomic mass is 10.1. The van der Waals surface area contributed by atoms with E-state index >= 15 is 0 Å². The molecule has 2 atom stereocenters. The van der Waals surface area contributed by atoms with Crippen LogP contribution in [-0.2, 0) is 0 Å². The van der Waals surface area contributed by atoms with E-state index in [0.29, 0.717) is 12.1 Å². The van der Waals surface area contributed by atoms with Crippen LogP contribution in [0, 0.1) is 0 Å². The number of hydrogen-bond donors (Lipinski definition) is 1. The summed E-state index contributed by atoms with van der Waals surface area (Å²) >= 11 is 0.